The molecule has 1 heterocycles. The highest BCUT2D eigenvalue weighted by atomic mass is 32.2. The molecule has 2 N–H and O–H groups in total. The van der Waals surface area contributed by atoms with E-state index in [9.17, 15) is 19.7 Å². The molecular weight excluding hydrogens is 370 g/mol. The van der Waals surface area contributed by atoms with Gasteiger partial charge in [0.2, 0.25) is 11.8 Å². The molecule has 0 aliphatic carbocycles. The van der Waals surface area contributed by atoms with Crippen LogP contribution in [-0.2, 0) is 9.59 Å². The molecule has 3 rings (SSSR count). The first-order chi connectivity index (χ1) is 13.0. The highest BCUT2D eigenvalue weighted by Gasteiger charge is 2.30. The van der Waals surface area contributed by atoms with Crippen LogP contribution in [-0.4, -0.2) is 28.6 Å². The highest BCUT2D eigenvalue weighted by molar-refractivity contribution is 8.01. The summed E-state index contributed by atoms with van der Waals surface area (Å²) in [6.07, 6.45) is -0.110. The number of carbonyl (C=O) groups is 2. The van der Waals surface area contributed by atoms with Gasteiger partial charge in [0.25, 0.3) is 5.69 Å². The standard InChI is InChI=1S/C18H17N3O5S/c1-2-26-11-7-8-13-15(9-11)27-16(18(23)20-13)10-17(22)19-12-5-3-4-6-14(12)21(24)25/h3-9,16H,2,10H2,1H3,(H,19,22)(H,20,23)/t16-/m0/s1. The lowest BCUT2D eigenvalue weighted by Crippen LogP contribution is -2.32. The van der Waals surface area contributed by atoms with Gasteiger partial charge in [-0.15, -0.1) is 11.8 Å². The average molecular weight is 387 g/mol. The minimum atomic E-state index is -0.642. The predicted molar refractivity (Wildman–Crippen MR) is 102 cm³/mol. The number of carbonyl (C=O) groups excluding carboxylic acids is 2. The summed E-state index contributed by atoms with van der Waals surface area (Å²) in [7, 11) is 0. The molecule has 0 saturated carbocycles. The smallest absolute Gasteiger partial charge is 0.292 e. The third-order valence-corrected chi connectivity index (χ3v) is 5.09. The van der Waals surface area contributed by atoms with Crippen molar-refractivity contribution in [2.45, 2.75) is 23.5 Å². The SMILES string of the molecule is CCOc1ccc2c(c1)S[C@@H](CC(=O)Nc1ccccc1[N+](=O)[O-])C(=O)N2. The number of benzene rings is 2. The van der Waals surface area contributed by atoms with Gasteiger partial charge in [-0.25, -0.2) is 0 Å². The summed E-state index contributed by atoms with van der Waals surface area (Å²) in [6, 6.07) is 11.2. The van der Waals surface area contributed by atoms with Crippen molar-refractivity contribution in [1.82, 2.24) is 0 Å². The van der Waals surface area contributed by atoms with E-state index in [1.165, 1.54) is 30.0 Å². The third-order valence-electron chi connectivity index (χ3n) is 3.83. The minimum Gasteiger partial charge on any atom is -0.494 e. The molecule has 0 radical (unpaired) electrons. The van der Waals surface area contributed by atoms with Crippen LogP contribution in [0.4, 0.5) is 17.1 Å². The molecule has 9 heteroatoms. The quantitative estimate of drug-likeness (QED) is 0.580. The first-order valence-corrected chi connectivity index (χ1v) is 9.13. The van der Waals surface area contributed by atoms with Crippen molar-refractivity contribution in [3.05, 3.63) is 52.6 Å². The lowest BCUT2D eigenvalue weighted by molar-refractivity contribution is -0.383. The Labute approximate surface area is 159 Å². The van der Waals surface area contributed by atoms with E-state index in [-0.39, 0.29) is 23.7 Å². The maximum absolute atomic E-state index is 12.3. The second-order valence-corrected chi connectivity index (χ2v) is 6.96. The highest BCUT2D eigenvalue weighted by Crippen LogP contribution is 2.39. The second-order valence-electron chi connectivity index (χ2n) is 5.71. The number of amides is 2. The van der Waals surface area contributed by atoms with Crippen LogP contribution in [0.5, 0.6) is 5.75 Å². The molecule has 0 spiro atoms. The van der Waals surface area contributed by atoms with E-state index >= 15 is 0 Å². The Bertz CT molecular complexity index is 902. The molecule has 0 saturated heterocycles. The molecule has 0 unspecified atom stereocenters. The molecule has 2 aromatic carbocycles. The van der Waals surface area contributed by atoms with E-state index in [4.69, 9.17) is 4.74 Å². The van der Waals surface area contributed by atoms with Crippen LogP contribution in [0, 0.1) is 10.1 Å². The van der Waals surface area contributed by atoms with Crippen molar-refractivity contribution < 1.29 is 19.2 Å². The van der Waals surface area contributed by atoms with Crippen molar-refractivity contribution in [3.8, 4) is 5.75 Å². The van der Waals surface area contributed by atoms with Crippen molar-refractivity contribution in [2.75, 3.05) is 17.2 Å². The molecular formula is C18H17N3O5S. The normalized spacial score (nSPS) is 15.4. The number of anilines is 2. The fourth-order valence-electron chi connectivity index (χ4n) is 2.62. The second kappa shape index (κ2) is 8.09. The molecule has 27 heavy (non-hydrogen) atoms. The molecule has 140 valence electrons. The van der Waals surface area contributed by atoms with Crippen molar-refractivity contribution >= 4 is 40.6 Å². The summed E-state index contributed by atoms with van der Waals surface area (Å²) in [4.78, 5) is 35.9. The van der Waals surface area contributed by atoms with E-state index < -0.39 is 16.1 Å². The summed E-state index contributed by atoms with van der Waals surface area (Å²) in [5.74, 6) is -0.0706. The summed E-state index contributed by atoms with van der Waals surface area (Å²) in [6.45, 7) is 2.40. The Hall–Kier alpha value is -3.07. The van der Waals surface area contributed by atoms with Crippen molar-refractivity contribution in [2.24, 2.45) is 0 Å². The zero-order valence-electron chi connectivity index (χ0n) is 14.4. The third kappa shape index (κ3) is 4.37. The number of rotatable bonds is 6. The van der Waals surface area contributed by atoms with E-state index in [2.05, 4.69) is 10.6 Å². The number of fused-ring (bicyclic) bond motifs is 1. The van der Waals surface area contributed by atoms with E-state index in [1.807, 2.05) is 13.0 Å². The van der Waals surface area contributed by atoms with Crippen LogP contribution in [0.3, 0.4) is 0 Å². The van der Waals surface area contributed by atoms with Gasteiger partial charge in [0.15, 0.2) is 0 Å². The largest absolute Gasteiger partial charge is 0.494 e. The van der Waals surface area contributed by atoms with Crippen LogP contribution in [0.2, 0.25) is 0 Å². The summed E-state index contributed by atoms with van der Waals surface area (Å²) < 4.78 is 5.46. The number of hydrogen-bond acceptors (Lipinski definition) is 6. The van der Waals surface area contributed by atoms with Gasteiger partial charge < -0.3 is 15.4 Å². The Morgan fingerprint density at radius 2 is 2.11 bits per heavy atom. The van der Waals surface area contributed by atoms with Gasteiger partial charge in [-0.2, -0.15) is 0 Å². The Kier molecular flexibility index (Phi) is 5.60. The zero-order chi connectivity index (χ0) is 19.4. The first kappa shape index (κ1) is 18.7. The van der Waals surface area contributed by atoms with Gasteiger partial charge in [0, 0.05) is 17.4 Å². The number of nitrogens with one attached hydrogen (secondary N) is 2. The van der Waals surface area contributed by atoms with Gasteiger partial charge in [-0.3, -0.25) is 19.7 Å². The number of para-hydroxylation sites is 2. The summed E-state index contributed by atoms with van der Waals surface area (Å²) in [5.41, 5.74) is 0.579. The molecule has 1 aliphatic heterocycles. The van der Waals surface area contributed by atoms with E-state index in [0.717, 1.165) is 4.90 Å². The minimum absolute atomic E-state index is 0.104. The molecule has 0 bridgehead atoms. The number of thioether (sulfide) groups is 1. The number of nitro groups is 1. The summed E-state index contributed by atoms with van der Waals surface area (Å²) in [5, 5.41) is 15.7. The number of ether oxygens (including phenoxy) is 1. The lowest BCUT2D eigenvalue weighted by Gasteiger charge is -2.24. The van der Waals surface area contributed by atoms with Gasteiger partial charge in [-0.05, 0) is 31.2 Å². The predicted octanol–water partition coefficient (Wildman–Crippen LogP) is 3.44. The first-order valence-electron chi connectivity index (χ1n) is 8.25. The topological polar surface area (TPSA) is 111 Å². The van der Waals surface area contributed by atoms with Crippen molar-refractivity contribution in [3.63, 3.8) is 0 Å². The van der Waals surface area contributed by atoms with Crippen molar-refractivity contribution in [1.29, 1.82) is 0 Å². The van der Waals surface area contributed by atoms with E-state index in [0.29, 0.717) is 18.0 Å². The maximum Gasteiger partial charge on any atom is 0.292 e. The number of hydrogen-bond donors (Lipinski definition) is 2. The van der Waals surface area contributed by atoms with E-state index in [1.54, 1.807) is 18.2 Å². The molecule has 2 aromatic rings. The van der Waals surface area contributed by atoms with Gasteiger partial charge in [-0.1, -0.05) is 12.1 Å². The molecule has 2 amide bonds. The van der Waals surface area contributed by atoms with Gasteiger partial charge in [0.05, 0.1) is 22.5 Å². The molecule has 0 aromatic heterocycles. The molecule has 8 nitrogen and oxygen atoms in total. The van der Waals surface area contributed by atoms with Crippen LogP contribution in [0.25, 0.3) is 0 Å². The monoisotopic (exact) mass is 387 g/mol. The average Bonchev–Trinajstić information content (AvgIpc) is 2.63. The molecule has 1 aliphatic rings. The molecule has 1 atom stereocenters. The van der Waals surface area contributed by atoms with Crippen LogP contribution >= 0.6 is 11.8 Å². The summed E-state index contributed by atoms with van der Waals surface area (Å²) >= 11 is 1.27. The maximum atomic E-state index is 12.3. The Morgan fingerprint density at radius 1 is 1.33 bits per heavy atom. The van der Waals surface area contributed by atoms with Gasteiger partial charge >= 0.3 is 0 Å². The van der Waals surface area contributed by atoms with Gasteiger partial charge in [0.1, 0.15) is 11.4 Å². The van der Waals surface area contributed by atoms with Crippen LogP contribution in [0.1, 0.15) is 13.3 Å². The number of nitro benzene ring substituents is 1. The number of nitrogens with zero attached hydrogens (tertiary/aromatic N) is 1. The van der Waals surface area contributed by atoms with Crippen LogP contribution in [0.15, 0.2) is 47.4 Å². The molecule has 0 fully saturated rings. The Balaban J connectivity index is 1.71. The fraction of sp³-hybridized carbons (Fsp3) is 0.222. The lowest BCUT2D eigenvalue weighted by atomic mass is 10.2. The van der Waals surface area contributed by atoms with Crippen LogP contribution < -0.4 is 15.4 Å². The zero-order valence-corrected chi connectivity index (χ0v) is 15.2. The fourth-order valence-corrected chi connectivity index (χ4v) is 3.76. The Morgan fingerprint density at radius 3 is 2.85 bits per heavy atom.